The standard InChI is InChI=1S/C16H17ClN2O2/c1-2-11-8-10(9-15(17)18-11)16(20)19-13-4-3-5-14-12(13)6-7-21-14/h6-9,13H,2-5H2,1H3,(H,19,20). The van der Waals surface area contributed by atoms with Crippen molar-refractivity contribution >= 4 is 17.5 Å². The highest BCUT2D eigenvalue weighted by Gasteiger charge is 2.24. The molecule has 110 valence electrons. The Morgan fingerprint density at radius 3 is 3.19 bits per heavy atom. The summed E-state index contributed by atoms with van der Waals surface area (Å²) in [6.45, 7) is 1.99. The molecule has 1 aliphatic carbocycles. The van der Waals surface area contributed by atoms with E-state index in [0.717, 1.165) is 42.7 Å². The highest BCUT2D eigenvalue weighted by atomic mass is 35.5. The van der Waals surface area contributed by atoms with Gasteiger partial charge in [0, 0.05) is 23.2 Å². The van der Waals surface area contributed by atoms with Crippen molar-refractivity contribution in [3.63, 3.8) is 0 Å². The van der Waals surface area contributed by atoms with Gasteiger partial charge in [-0.15, -0.1) is 0 Å². The molecule has 5 heteroatoms. The number of hydrogen-bond acceptors (Lipinski definition) is 3. The number of rotatable bonds is 3. The van der Waals surface area contributed by atoms with Crippen molar-refractivity contribution < 1.29 is 9.21 Å². The summed E-state index contributed by atoms with van der Waals surface area (Å²) in [5.41, 5.74) is 2.47. The Morgan fingerprint density at radius 2 is 2.38 bits per heavy atom. The molecule has 0 fully saturated rings. The summed E-state index contributed by atoms with van der Waals surface area (Å²) in [7, 11) is 0. The van der Waals surface area contributed by atoms with Crippen molar-refractivity contribution in [2.24, 2.45) is 0 Å². The largest absolute Gasteiger partial charge is 0.469 e. The van der Waals surface area contributed by atoms with Crippen LogP contribution >= 0.6 is 11.6 Å². The minimum absolute atomic E-state index is 0.0111. The minimum atomic E-state index is -0.118. The molecule has 0 saturated carbocycles. The van der Waals surface area contributed by atoms with Crippen LogP contribution < -0.4 is 5.32 Å². The number of halogens is 1. The molecule has 1 N–H and O–H groups in total. The molecule has 2 heterocycles. The Labute approximate surface area is 128 Å². The van der Waals surface area contributed by atoms with Gasteiger partial charge in [-0.1, -0.05) is 18.5 Å². The van der Waals surface area contributed by atoms with Crippen LogP contribution in [0.4, 0.5) is 0 Å². The lowest BCUT2D eigenvalue weighted by molar-refractivity contribution is 0.0932. The fraction of sp³-hybridized carbons (Fsp3) is 0.375. The van der Waals surface area contributed by atoms with Gasteiger partial charge in [0.05, 0.1) is 12.3 Å². The quantitative estimate of drug-likeness (QED) is 0.880. The normalized spacial score (nSPS) is 17.3. The van der Waals surface area contributed by atoms with Crippen molar-refractivity contribution in [1.82, 2.24) is 10.3 Å². The molecule has 0 spiro atoms. The Balaban J connectivity index is 1.80. The first-order chi connectivity index (χ1) is 10.2. The van der Waals surface area contributed by atoms with Crippen LogP contribution in [0.15, 0.2) is 28.9 Å². The molecular formula is C16H17ClN2O2. The molecule has 0 aliphatic heterocycles. The van der Waals surface area contributed by atoms with E-state index < -0.39 is 0 Å². The molecule has 1 aliphatic rings. The summed E-state index contributed by atoms with van der Waals surface area (Å²) in [5.74, 6) is 0.863. The Morgan fingerprint density at radius 1 is 1.52 bits per heavy atom. The fourth-order valence-electron chi connectivity index (χ4n) is 2.74. The number of furan rings is 1. The van der Waals surface area contributed by atoms with Gasteiger partial charge in [-0.2, -0.15) is 0 Å². The van der Waals surface area contributed by atoms with E-state index in [-0.39, 0.29) is 11.9 Å². The summed E-state index contributed by atoms with van der Waals surface area (Å²) in [4.78, 5) is 16.6. The van der Waals surface area contributed by atoms with Gasteiger partial charge in [-0.25, -0.2) is 4.98 Å². The monoisotopic (exact) mass is 304 g/mol. The molecule has 2 aromatic rings. The molecule has 4 nitrogen and oxygen atoms in total. The molecule has 0 radical (unpaired) electrons. The van der Waals surface area contributed by atoms with Crippen LogP contribution in [0, 0.1) is 0 Å². The highest BCUT2D eigenvalue weighted by Crippen LogP contribution is 2.30. The van der Waals surface area contributed by atoms with Gasteiger partial charge in [0.25, 0.3) is 5.91 Å². The molecule has 1 unspecified atom stereocenters. The van der Waals surface area contributed by atoms with Gasteiger partial charge in [0.1, 0.15) is 10.9 Å². The van der Waals surface area contributed by atoms with Crippen LogP contribution in [0.3, 0.4) is 0 Å². The molecular weight excluding hydrogens is 288 g/mol. The SMILES string of the molecule is CCc1cc(C(=O)NC2CCCc3occc32)cc(Cl)n1. The predicted octanol–water partition coefficient (Wildman–Crippen LogP) is 3.70. The zero-order valence-corrected chi connectivity index (χ0v) is 12.6. The molecule has 0 bridgehead atoms. The molecule has 0 aromatic carbocycles. The van der Waals surface area contributed by atoms with Crippen molar-refractivity contribution in [3.05, 3.63) is 52.2 Å². The molecule has 2 aromatic heterocycles. The number of carbonyl (C=O) groups is 1. The summed E-state index contributed by atoms with van der Waals surface area (Å²) in [6.07, 6.45) is 5.32. The highest BCUT2D eigenvalue weighted by molar-refractivity contribution is 6.29. The summed E-state index contributed by atoms with van der Waals surface area (Å²) < 4.78 is 5.45. The maximum Gasteiger partial charge on any atom is 0.251 e. The third-order valence-electron chi connectivity index (χ3n) is 3.83. The summed E-state index contributed by atoms with van der Waals surface area (Å²) in [5, 5.41) is 3.42. The van der Waals surface area contributed by atoms with E-state index in [1.54, 1.807) is 18.4 Å². The van der Waals surface area contributed by atoms with Crippen LogP contribution in [0.2, 0.25) is 5.15 Å². The molecule has 0 saturated heterocycles. The zero-order valence-electron chi connectivity index (χ0n) is 11.9. The van der Waals surface area contributed by atoms with Crippen LogP contribution in [-0.2, 0) is 12.8 Å². The number of fused-ring (bicyclic) bond motifs is 1. The first-order valence-electron chi connectivity index (χ1n) is 7.21. The van der Waals surface area contributed by atoms with E-state index in [4.69, 9.17) is 16.0 Å². The molecule has 1 amide bonds. The zero-order chi connectivity index (χ0) is 14.8. The molecule has 21 heavy (non-hydrogen) atoms. The number of aromatic nitrogens is 1. The topological polar surface area (TPSA) is 55.1 Å². The van der Waals surface area contributed by atoms with E-state index in [9.17, 15) is 4.79 Å². The number of aryl methyl sites for hydroxylation is 2. The smallest absolute Gasteiger partial charge is 0.251 e. The van der Waals surface area contributed by atoms with Crippen molar-refractivity contribution in [2.45, 2.75) is 38.6 Å². The van der Waals surface area contributed by atoms with E-state index in [0.29, 0.717) is 10.7 Å². The summed E-state index contributed by atoms with van der Waals surface area (Å²) >= 11 is 5.97. The van der Waals surface area contributed by atoms with Gasteiger partial charge in [-0.05, 0) is 37.5 Å². The van der Waals surface area contributed by atoms with Gasteiger partial charge in [-0.3, -0.25) is 4.79 Å². The predicted molar refractivity (Wildman–Crippen MR) is 80.5 cm³/mol. The number of pyridine rings is 1. The van der Waals surface area contributed by atoms with Gasteiger partial charge in [0.15, 0.2) is 0 Å². The van der Waals surface area contributed by atoms with Crippen LogP contribution in [-0.4, -0.2) is 10.9 Å². The van der Waals surface area contributed by atoms with E-state index in [1.807, 2.05) is 13.0 Å². The second kappa shape index (κ2) is 5.90. The van der Waals surface area contributed by atoms with E-state index >= 15 is 0 Å². The number of hydrogen-bond donors (Lipinski definition) is 1. The third kappa shape index (κ3) is 2.95. The Hall–Kier alpha value is -1.81. The number of amides is 1. The van der Waals surface area contributed by atoms with Crippen molar-refractivity contribution in [3.8, 4) is 0 Å². The average molecular weight is 305 g/mol. The fourth-order valence-corrected chi connectivity index (χ4v) is 2.97. The first kappa shape index (κ1) is 14.1. The van der Waals surface area contributed by atoms with Crippen LogP contribution in [0.1, 0.15) is 53.2 Å². The van der Waals surface area contributed by atoms with Crippen LogP contribution in [0.5, 0.6) is 0 Å². The lowest BCUT2D eigenvalue weighted by atomic mass is 9.93. The summed E-state index contributed by atoms with van der Waals surface area (Å²) in [6, 6.07) is 5.35. The van der Waals surface area contributed by atoms with Crippen molar-refractivity contribution in [1.29, 1.82) is 0 Å². The average Bonchev–Trinajstić information content (AvgIpc) is 2.96. The Bertz CT molecular complexity index is 666. The number of carbonyl (C=O) groups excluding carboxylic acids is 1. The minimum Gasteiger partial charge on any atom is -0.469 e. The molecule has 1 atom stereocenters. The van der Waals surface area contributed by atoms with Gasteiger partial charge in [0.2, 0.25) is 0 Å². The van der Waals surface area contributed by atoms with Crippen molar-refractivity contribution in [2.75, 3.05) is 0 Å². The Kier molecular flexibility index (Phi) is 3.97. The molecule has 3 rings (SSSR count). The maximum absolute atomic E-state index is 12.4. The second-order valence-electron chi connectivity index (χ2n) is 5.24. The second-order valence-corrected chi connectivity index (χ2v) is 5.63. The lowest BCUT2D eigenvalue weighted by Crippen LogP contribution is -2.30. The van der Waals surface area contributed by atoms with E-state index in [1.165, 1.54) is 0 Å². The van der Waals surface area contributed by atoms with Gasteiger partial charge < -0.3 is 9.73 Å². The lowest BCUT2D eigenvalue weighted by Gasteiger charge is -2.22. The van der Waals surface area contributed by atoms with Gasteiger partial charge >= 0.3 is 0 Å². The number of nitrogens with one attached hydrogen (secondary N) is 1. The maximum atomic E-state index is 12.4. The van der Waals surface area contributed by atoms with Crippen LogP contribution in [0.25, 0.3) is 0 Å². The van der Waals surface area contributed by atoms with E-state index in [2.05, 4.69) is 10.3 Å². The third-order valence-corrected chi connectivity index (χ3v) is 4.02. The number of nitrogens with zero attached hydrogens (tertiary/aromatic N) is 1. The first-order valence-corrected chi connectivity index (χ1v) is 7.58.